The zero-order valence-electron chi connectivity index (χ0n) is 42.3. The fraction of sp³-hybridized carbons (Fsp3) is 0.875. The van der Waals surface area contributed by atoms with Gasteiger partial charge in [-0.2, -0.15) is 0 Å². The van der Waals surface area contributed by atoms with Crippen molar-refractivity contribution in [1.29, 1.82) is 0 Å². The molecule has 1 saturated heterocycles. The molecular weight excluding hydrogens is 815 g/mol. The van der Waals surface area contributed by atoms with Crippen molar-refractivity contribution in [1.82, 2.24) is 5.32 Å². The van der Waals surface area contributed by atoms with Gasteiger partial charge in [0.05, 0.1) is 25.4 Å². The largest absolute Gasteiger partial charge is 0.394 e. The van der Waals surface area contributed by atoms with Crippen molar-refractivity contribution in [3.8, 4) is 0 Å². The lowest BCUT2D eigenvalue weighted by atomic mass is 9.99. The molecule has 1 aliphatic rings. The van der Waals surface area contributed by atoms with E-state index in [1.165, 1.54) is 180 Å². The molecule has 0 aromatic carbocycles. The number of hydrogen-bond donors (Lipinski definition) is 6. The van der Waals surface area contributed by atoms with E-state index < -0.39 is 49.5 Å². The maximum absolute atomic E-state index is 13.0. The molecule has 0 aliphatic carbocycles. The Balaban J connectivity index is 2.06. The third-order valence-corrected chi connectivity index (χ3v) is 13.2. The summed E-state index contributed by atoms with van der Waals surface area (Å²) in [6.45, 7) is 3.81. The first-order valence-corrected chi connectivity index (χ1v) is 27.7. The summed E-state index contributed by atoms with van der Waals surface area (Å²) >= 11 is 0. The highest BCUT2D eigenvalue weighted by atomic mass is 16.7. The van der Waals surface area contributed by atoms with E-state index in [4.69, 9.17) is 9.47 Å². The standard InChI is InChI=1S/C56H105NO8/c1-3-5-7-9-11-13-14-15-16-17-18-19-20-21-22-23-24-25-26-27-28-29-30-31-32-33-34-35-36-38-40-42-44-46-52(60)57-49(50(59)45-43-41-39-37-12-10-8-6-4-2)48-64-56-55(63)54(62)53(61)51(47-58)65-56/h14-15,17-18,20-21,49-51,53-56,58-59,61-63H,3-13,16,19,22-48H2,1-2H3,(H,57,60)/b15-14-,18-17-,21-20-. The van der Waals surface area contributed by atoms with Crippen LogP contribution in [-0.2, 0) is 14.3 Å². The van der Waals surface area contributed by atoms with Crippen LogP contribution in [0.1, 0.15) is 258 Å². The second-order valence-corrected chi connectivity index (χ2v) is 19.4. The fourth-order valence-electron chi connectivity index (χ4n) is 8.82. The summed E-state index contributed by atoms with van der Waals surface area (Å²) in [6.07, 6.45) is 52.0. The van der Waals surface area contributed by atoms with Gasteiger partial charge in [0.2, 0.25) is 5.91 Å². The van der Waals surface area contributed by atoms with Crippen LogP contribution < -0.4 is 5.32 Å². The van der Waals surface area contributed by atoms with E-state index in [9.17, 15) is 30.3 Å². The lowest BCUT2D eigenvalue weighted by Gasteiger charge is -2.40. The average molecular weight is 920 g/mol. The van der Waals surface area contributed by atoms with E-state index in [1.54, 1.807) is 0 Å². The summed E-state index contributed by atoms with van der Waals surface area (Å²) in [5, 5.41) is 54.3. The number of unbranched alkanes of at least 4 members (excludes halogenated alkanes) is 31. The van der Waals surface area contributed by atoms with Gasteiger partial charge < -0.3 is 40.3 Å². The fourth-order valence-corrected chi connectivity index (χ4v) is 8.82. The van der Waals surface area contributed by atoms with E-state index in [0.29, 0.717) is 12.8 Å². The van der Waals surface area contributed by atoms with Crippen LogP contribution in [0.15, 0.2) is 36.5 Å². The van der Waals surface area contributed by atoms with Crippen LogP contribution in [0.2, 0.25) is 0 Å². The third kappa shape index (κ3) is 36.1. The monoisotopic (exact) mass is 920 g/mol. The van der Waals surface area contributed by atoms with E-state index >= 15 is 0 Å². The van der Waals surface area contributed by atoms with Crippen molar-refractivity contribution >= 4 is 5.91 Å². The van der Waals surface area contributed by atoms with Gasteiger partial charge in [0.1, 0.15) is 24.4 Å². The predicted molar refractivity (Wildman–Crippen MR) is 272 cm³/mol. The molecule has 1 aliphatic heterocycles. The van der Waals surface area contributed by atoms with Crippen molar-refractivity contribution < 1.29 is 39.8 Å². The average Bonchev–Trinajstić information content (AvgIpc) is 3.31. The number of carbonyl (C=O) groups is 1. The van der Waals surface area contributed by atoms with Crippen LogP contribution in [0.3, 0.4) is 0 Å². The Kier molecular flexibility index (Phi) is 43.6. The predicted octanol–water partition coefficient (Wildman–Crippen LogP) is 13.2. The molecule has 0 bridgehead atoms. The lowest BCUT2D eigenvalue weighted by Crippen LogP contribution is -2.60. The molecule has 1 heterocycles. The normalized spacial score (nSPS) is 20.1. The molecule has 382 valence electrons. The van der Waals surface area contributed by atoms with Gasteiger partial charge in [-0.25, -0.2) is 0 Å². The van der Waals surface area contributed by atoms with Gasteiger partial charge in [-0.15, -0.1) is 0 Å². The zero-order chi connectivity index (χ0) is 47.3. The molecule has 9 nitrogen and oxygen atoms in total. The molecule has 0 saturated carbocycles. The van der Waals surface area contributed by atoms with Gasteiger partial charge in [-0.1, -0.05) is 237 Å². The Labute approximate surface area is 400 Å². The van der Waals surface area contributed by atoms with E-state index in [1.807, 2.05) is 0 Å². The molecular formula is C56H105NO8. The van der Waals surface area contributed by atoms with Crippen molar-refractivity contribution in [3.05, 3.63) is 36.5 Å². The zero-order valence-corrected chi connectivity index (χ0v) is 42.3. The van der Waals surface area contributed by atoms with Crippen LogP contribution >= 0.6 is 0 Å². The van der Waals surface area contributed by atoms with Crippen LogP contribution in [0, 0.1) is 0 Å². The summed E-state index contributed by atoms with van der Waals surface area (Å²) in [5.74, 6) is -0.144. The molecule has 1 fully saturated rings. The van der Waals surface area contributed by atoms with E-state index in [-0.39, 0.29) is 12.5 Å². The summed E-state index contributed by atoms with van der Waals surface area (Å²) in [6, 6.07) is -0.715. The molecule has 0 radical (unpaired) electrons. The number of aliphatic hydroxyl groups excluding tert-OH is 5. The highest BCUT2D eigenvalue weighted by Gasteiger charge is 2.44. The minimum absolute atomic E-state index is 0.136. The minimum atomic E-state index is -1.55. The molecule has 65 heavy (non-hydrogen) atoms. The smallest absolute Gasteiger partial charge is 0.220 e. The lowest BCUT2D eigenvalue weighted by molar-refractivity contribution is -0.302. The highest BCUT2D eigenvalue weighted by Crippen LogP contribution is 2.23. The Morgan fingerprint density at radius 3 is 1.34 bits per heavy atom. The first kappa shape index (κ1) is 61.4. The van der Waals surface area contributed by atoms with E-state index in [2.05, 4.69) is 55.6 Å². The van der Waals surface area contributed by atoms with Gasteiger partial charge in [0.15, 0.2) is 6.29 Å². The SMILES string of the molecule is CCCCCCC/C=C\C/C=C\C/C=C\CCCCCCCCCCCCCCCCCCCCC(=O)NC(COC1OC(CO)C(O)C(O)C1O)C(O)CCCCCCCCCCC. The Hall–Kier alpha value is -1.59. The highest BCUT2D eigenvalue weighted by molar-refractivity contribution is 5.76. The van der Waals surface area contributed by atoms with Gasteiger partial charge in [-0.3, -0.25) is 4.79 Å². The van der Waals surface area contributed by atoms with Gasteiger partial charge >= 0.3 is 0 Å². The Morgan fingerprint density at radius 1 is 0.523 bits per heavy atom. The summed E-state index contributed by atoms with van der Waals surface area (Å²) in [4.78, 5) is 13.0. The number of rotatable bonds is 47. The van der Waals surface area contributed by atoms with Gasteiger partial charge in [-0.05, 0) is 51.4 Å². The van der Waals surface area contributed by atoms with Crippen molar-refractivity contribution in [2.24, 2.45) is 0 Å². The second kappa shape index (κ2) is 46.2. The quantitative estimate of drug-likeness (QED) is 0.0261. The molecule has 7 atom stereocenters. The maximum atomic E-state index is 13.0. The van der Waals surface area contributed by atoms with Crippen LogP contribution in [0.4, 0.5) is 0 Å². The Bertz CT molecular complexity index is 1110. The second-order valence-electron chi connectivity index (χ2n) is 19.4. The number of amides is 1. The van der Waals surface area contributed by atoms with Gasteiger partial charge in [0.25, 0.3) is 0 Å². The molecule has 6 N–H and O–H groups in total. The molecule has 0 aromatic heterocycles. The van der Waals surface area contributed by atoms with Crippen LogP contribution in [0.25, 0.3) is 0 Å². The summed E-state index contributed by atoms with van der Waals surface area (Å²) in [5.41, 5.74) is 0. The van der Waals surface area contributed by atoms with Crippen LogP contribution in [0.5, 0.6) is 0 Å². The van der Waals surface area contributed by atoms with E-state index in [0.717, 1.165) is 51.4 Å². The summed E-state index contributed by atoms with van der Waals surface area (Å²) < 4.78 is 11.3. The molecule has 1 rings (SSSR count). The number of ether oxygens (including phenoxy) is 2. The Morgan fingerprint density at radius 2 is 0.908 bits per heavy atom. The third-order valence-electron chi connectivity index (χ3n) is 13.2. The van der Waals surface area contributed by atoms with Gasteiger partial charge in [0, 0.05) is 6.42 Å². The first-order valence-electron chi connectivity index (χ1n) is 27.7. The molecule has 7 unspecified atom stereocenters. The van der Waals surface area contributed by atoms with Crippen LogP contribution in [-0.4, -0.2) is 87.5 Å². The molecule has 0 aromatic rings. The number of hydrogen-bond acceptors (Lipinski definition) is 8. The number of aliphatic hydroxyl groups is 5. The van der Waals surface area contributed by atoms with Crippen molar-refractivity contribution in [3.63, 3.8) is 0 Å². The first-order chi connectivity index (χ1) is 31.8. The number of nitrogens with one attached hydrogen (secondary N) is 1. The van der Waals surface area contributed by atoms with Crippen molar-refractivity contribution in [2.75, 3.05) is 13.2 Å². The van der Waals surface area contributed by atoms with Crippen molar-refractivity contribution in [2.45, 2.75) is 301 Å². The topological polar surface area (TPSA) is 149 Å². The number of carbonyl (C=O) groups excluding carboxylic acids is 1. The molecule has 1 amide bonds. The molecule has 9 heteroatoms. The molecule has 0 spiro atoms. The maximum Gasteiger partial charge on any atom is 0.220 e. The minimum Gasteiger partial charge on any atom is -0.394 e. The number of allylic oxidation sites excluding steroid dienone is 6. The summed E-state index contributed by atoms with van der Waals surface area (Å²) in [7, 11) is 0.